The minimum Gasteiger partial charge on any atom is -0.346 e. The lowest BCUT2D eigenvalue weighted by molar-refractivity contribution is 0.0940. The van der Waals surface area contributed by atoms with Gasteiger partial charge in [-0.05, 0) is 50.1 Å². The van der Waals surface area contributed by atoms with E-state index in [1.807, 2.05) is 39.0 Å². The summed E-state index contributed by atoms with van der Waals surface area (Å²) in [6.07, 6.45) is 1.04. The fraction of sp³-hybridized carbons (Fsp3) is 0.278. The van der Waals surface area contributed by atoms with Crippen molar-refractivity contribution < 1.29 is 13.2 Å². The molecule has 0 saturated heterocycles. The summed E-state index contributed by atoms with van der Waals surface area (Å²) in [5, 5.41) is 3.10. The van der Waals surface area contributed by atoms with Crippen LogP contribution in [0.25, 0.3) is 0 Å². The zero-order valence-corrected chi connectivity index (χ0v) is 16.1. The molecule has 2 rings (SSSR count). The highest BCUT2D eigenvalue weighted by Gasteiger charge is 2.15. The molecule has 7 heteroatoms. The molecule has 0 bridgehead atoms. The highest BCUT2D eigenvalue weighted by Crippen LogP contribution is 2.25. The molecule has 0 aliphatic heterocycles. The molecule has 2 N–H and O–H groups in total. The van der Waals surface area contributed by atoms with Crippen LogP contribution in [-0.2, 0) is 10.0 Å². The topological polar surface area (TPSA) is 75.3 Å². The van der Waals surface area contributed by atoms with Crippen molar-refractivity contribution in [3.8, 4) is 0 Å². The molecule has 134 valence electrons. The van der Waals surface area contributed by atoms with E-state index in [1.165, 1.54) is 18.2 Å². The number of benzene rings is 2. The Morgan fingerprint density at radius 1 is 1.12 bits per heavy atom. The number of nitrogens with one attached hydrogen (secondary N) is 2. The summed E-state index contributed by atoms with van der Waals surface area (Å²) in [7, 11) is -3.43. The van der Waals surface area contributed by atoms with E-state index in [0.29, 0.717) is 5.56 Å². The van der Waals surface area contributed by atoms with Crippen LogP contribution in [0.2, 0.25) is 5.02 Å². The molecule has 25 heavy (non-hydrogen) atoms. The summed E-state index contributed by atoms with van der Waals surface area (Å²) >= 11 is 6.07. The maximum absolute atomic E-state index is 12.5. The van der Waals surface area contributed by atoms with Crippen molar-refractivity contribution in [2.75, 3.05) is 11.0 Å². The van der Waals surface area contributed by atoms with Crippen LogP contribution in [0, 0.1) is 13.8 Å². The highest BCUT2D eigenvalue weighted by atomic mass is 35.5. The van der Waals surface area contributed by atoms with E-state index in [9.17, 15) is 13.2 Å². The standard InChI is InChI=1S/C18H21ClN2O3S/c1-11-5-6-12(2)15(9-11)13(3)20-18(22)14-7-8-17(16(19)10-14)21-25(4,23)24/h5-10,13,21H,1-4H3,(H,20,22). The Hall–Kier alpha value is -2.05. The lowest BCUT2D eigenvalue weighted by Crippen LogP contribution is -2.27. The van der Waals surface area contributed by atoms with Crippen molar-refractivity contribution in [1.82, 2.24) is 5.32 Å². The third-order valence-electron chi connectivity index (χ3n) is 3.78. The Labute approximate surface area is 153 Å². The molecule has 0 aromatic heterocycles. The smallest absolute Gasteiger partial charge is 0.251 e. The van der Waals surface area contributed by atoms with Gasteiger partial charge in [-0.25, -0.2) is 8.42 Å². The lowest BCUT2D eigenvalue weighted by Gasteiger charge is -2.18. The van der Waals surface area contributed by atoms with Gasteiger partial charge in [-0.1, -0.05) is 35.4 Å². The minimum absolute atomic E-state index is 0.164. The van der Waals surface area contributed by atoms with Crippen molar-refractivity contribution in [2.24, 2.45) is 0 Å². The number of rotatable bonds is 5. The van der Waals surface area contributed by atoms with Crippen LogP contribution < -0.4 is 10.0 Å². The molecule has 0 heterocycles. The van der Waals surface area contributed by atoms with E-state index in [0.717, 1.165) is 22.9 Å². The van der Waals surface area contributed by atoms with E-state index in [4.69, 9.17) is 11.6 Å². The second-order valence-corrected chi connectivity index (χ2v) is 8.28. The summed E-state index contributed by atoms with van der Waals surface area (Å²) in [4.78, 5) is 12.5. The average Bonchev–Trinajstić information content (AvgIpc) is 2.50. The second kappa shape index (κ2) is 7.45. The first-order valence-electron chi connectivity index (χ1n) is 7.72. The molecule has 0 aliphatic carbocycles. The number of amides is 1. The van der Waals surface area contributed by atoms with E-state index >= 15 is 0 Å². The first-order valence-corrected chi connectivity index (χ1v) is 9.99. The van der Waals surface area contributed by atoms with Crippen molar-refractivity contribution >= 4 is 33.2 Å². The Bertz CT molecular complexity index is 911. The van der Waals surface area contributed by atoms with E-state index in [1.54, 1.807) is 0 Å². The number of carbonyl (C=O) groups excluding carboxylic acids is 1. The molecule has 0 saturated carbocycles. The van der Waals surface area contributed by atoms with Crippen LogP contribution in [0.4, 0.5) is 5.69 Å². The summed E-state index contributed by atoms with van der Waals surface area (Å²) in [6.45, 7) is 5.92. The van der Waals surface area contributed by atoms with E-state index < -0.39 is 10.0 Å². The van der Waals surface area contributed by atoms with Crippen molar-refractivity contribution in [2.45, 2.75) is 26.8 Å². The van der Waals surface area contributed by atoms with Crippen LogP contribution in [-0.4, -0.2) is 20.6 Å². The number of hydrogen-bond acceptors (Lipinski definition) is 3. The number of halogens is 1. The molecule has 2 aromatic carbocycles. The Morgan fingerprint density at radius 3 is 2.40 bits per heavy atom. The summed E-state index contributed by atoms with van der Waals surface area (Å²) in [5.41, 5.74) is 3.88. The molecular formula is C18H21ClN2O3S. The maximum Gasteiger partial charge on any atom is 0.251 e. The maximum atomic E-state index is 12.5. The third kappa shape index (κ3) is 5.21. The van der Waals surface area contributed by atoms with E-state index in [2.05, 4.69) is 10.0 Å². The molecule has 5 nitrogen and oxygen atoms in total. The van der Waals surface area contributed by atoms with Crippen molar-refractivity contribution in [3.63, 3.8) is 0 Å². The third-order valence-corrected chi connectivity index (χ3v) is 4.68. The first kappa shape index (κ1) is 19.3. The highest BCUT2D eigenvalue weighted by molar-refractivity contribution is 7.92. The van der Waals surface area contributed by atoms with Gasteiger partial charge in [0.1, 0.15) is 0 Å². The van der Waals surface area contributed by atoms with Gasteiger partial charge in [-0.3, -0.25) is 9.52 Å². The van der Waals surface area contributed by atoms with Gasteiger partial charge in [-0.2, -0.15) is 0 Å². The van der Waals surface area contributed by atoms with Gasteiger partial charge in [0.05, 0.1) is 23.0 Å². The molecule has 1 amide bonds. The van der Waals surface area contributed by atoms with Gasteiger partial charge in [0, 0.05) is 5.56 Å². The van der Waals surface area contributed by atoms with Crippen LogP contribution in [0.1, 0.15) is 40.0 Å². The van der Waals surface area contributed by atoms with E-state index in [-0.39, 0.29) is 22.7 Å². The van der Waals surface area contributed by atoms with Crippen LogP contribution >= 0.6 is 11.6 Å². The fourth-order valence-corrected chi connectivity index (χ4v) is 3.38. The number of aryl methyl sites for hydroxylation is 2. The zero-order valence-electron chi connectivity index (χ0n) is 14.6. The molecule has 0 spiro atoms. The predicted octanol–water partition coefficient (Wildman–Crippen LogP) is 3.82. The second-order valence-electron chi connectivity index (χ2n) is 6.12. The van der Waals surface area contributed by atoms with Crippen LogP contribution in [0.15, 0.2) is 36.4 Å². The summed E-state index contributed by atoms with van der Waals surface area (Å²) in [5.74, 6) is -0.277. The number of carbonyl (C=O) groups is 1. The number of sulfonamides is 1. The SMILES string of the molecule is Cc1ccc(C)c(C(C)NC(=O)c2ccc(NS(C)(=O)=O)c(Cl)c2)c1. The Balaban J connectivity index is 2.18. The monoisotopic (exact) mass is 380 g/mol. The molecule has 0 radical (unpaired) electrons. The summed E-state index contributed by atoms with van der Waals surface area (Å²) < 4.78 is 24.9. The van der Waals surface area contributed by atoms with Gasteiger partial charge < -0.3 is 5.32 Å². The van der Waals surface area contributed by atoms with Crippen molar-refractivity contribution in [3.05, 3.63) is 63.7 Å². The predicted molar refractivity (Wildman–Crippen MR) is 102 cm³/mol. The quantitative estimate of drug-likeness (QED) is 0.827. The molecule has 1 unspecified atom stereocenters. The van der Waals surface area contributed by atoms with Gasteiger partial charge >= 0.3 is 0 Å². The first-order chi connectivity index (χ1) is 11.6. The lowest BCUT2D eigenvalue weighted by atomic mass is 9.99. The van der Waals surface area contributed by atoms with Gasteiger partial charge in [0.15, 0.2) is 0 Å². The van der Waals surface area contributed by atoms with Gasteiger partial charge in [0.25, 0.3) is 5.91 Å². The Kier molecular flexibility index (Phi) is 5.75. The molecular weight excluding hydrogens is 360 g/mol. The van der Waals surface area contributed by atoms with Crippen molar-refractivity contribution in [1.29, 1.82) is 0 Å². The fourth-order valence-electron chi connectivity index (χ4n) is 2.52. The number of anilines is 1. The molecule has 2 aromatic rings. The molecule has 1 atom stereocenters. The van der Waals surface area contributed by atoms with Gasteiger partial charge in [0.2, 0.25) is 10.0 Å². The molecule has 0 aliphatic rings. The minimum atomic E-state index is -3.43. The summed E-state index contributed by atoms with van der Waals surface area (Å²) in [6, 6.07) is 10.4. The van der Waals surface area contributed by atoms with Crippen LogP contribution in [0.5, 0.6) is 0 Å². The zero-order chi connectivity index (χ0) is 18.8. The normalized spacial score (nSPS) is 12.5. The number of hydrogen-bond donors (Lipinski definition) is 2. The van der Waals surface area contributed by atoms with Gasteiger partial charge in [-0.15, -0.1) is 0 Å². The van der Waals surface area contributed by atoms with Crippen LogP contribution in [0.3, 0.4) is 0 Å². The molecule has 0 fully saturated rings. The average molecular weight is 381 g/mol. The Morgan fingerprint density at radius 2 is 1.80 bits per heavy atom. The largest absolute Gasteiger partial charge is 0.346 e.